The highest BCUT2D eigenvalue weighted by Gasteiger charge is 2.19. The molecule has 1 aromatic carbocycles. The number of piperidine rings is 1. The van der Waals surface area contributed by atoms with Gasteiger partial charge in [0.15, 0.2) is 0 Å². The van der Waals surface area contributed by atoms with Crippen molar-refractivity contribution in [1.82, 2.24) is 4.90 Å². The van der Waals surface area contributed by atoms with E-state index in [2.05, 4.69) is 23.1 Å². The number of methoxy groups -OCH3 is 1. The summed E-state index contributed by atoms with van der Waals surface area (Å²) in [7, 11) is 1.80. The van der Waals surface area contributed by atoms with Gasteiger partial charge in [0.1, 0.15) is 0 Å². The maximum Gasteiger partial charge on any atom is 0.0698 e. The summed E-state index contributed by atoms with van der Waals surface area (Å²) < 4.78 is 5.44. The lowest BCUT2D eigenvalue weighted by molar-refractivity contribution is 0.0285. The lowest BCUT2D eigenvalue weighted by atomic mass is 10.1. The molecule has 94 valence electrons. The Balaban J connectivity index is 1.97. The summed E-state index contributed by atoms with van der Waals surface area (Å²) in [5.74, 6) is 0. The van der Waals surface area contributed by atoms with E-state index in [9.17, 15) is 0 Å². The van der Waals surface area contributed by atoms with Gasteiger partial charge in [0.05, 0.1) is 6.10 Å². The lowest BCUT2D eigenvalue weighted by Gasteiger charge is -2.31. The number of benzene rings is 1. The molecule has 0 aliphatic carbocycles. The van der Waals surface area contributed by atoms with Crippen LogP contribution in [0.4, 0.5) is 5.69 Å². The van der Waals surface area contributed by atoms with Crippen LogP contribution in [-0.2, 0) is 11.3 Å². The molecule has 1 unspecified atom stereocenters. The molecule has 0 amide bonds. The van der Waals surface area contributed by atoms with Crippen molar-refractivity contribution in [2.24, 2.45) is 0 Å². The van der Waals surface area contributed by atoms with Crippen molar-refractivity contribution in [3.63, 3.8) is 0 Å². The molecular weight excluding hydrogens is 212 g/mol. The molecule has 1 saturated heterocycles. The van der Waals surface area contributed by atoms with Gasteiger partial charge in [-0.1, -0.05) is 12.1 Å². The van der Waals surface area contributed by atoms with E-state index in [1.54, 1.807) is 7.11 Å². The predicted molar refractivity (Wildman–Crippen MR) is 70.9 cm³/mol. The Hall–Kier alpha value is -1.06. The molecule has 1 aliphatic rings. The summed E-state index contributed by atoms with van der Waals surface area (Å²) in [6.07, 6.45) is 2.80. The molecule has 1 heterocycles. The molecule has 1 fully saturated rings. The highest BCUT2D eigenvalue weighted by atomic mass is 16.5. The van der Waals surface area contributed by atoms with E-state index < -0.39 is 0 Å². The van der Waals surface area contributed by atoms with Crippen molar-refractivity contribution in [2.75, 3.05) is 25.9 Å². The average molecular weight is 234 g/mol. The third-order valence-corrected chi connectivity index (χ3v) is 3.55. The van der Waals surface area contributed by atoms with Crippen LogP contribution in [0.15, 0.2) is 18.2 Å². The fraction of sp³-hybridized carbons (Fsp3) is 0.571. The van der Waals surface area contributed by atoms with Crippen LogP contribution in [0.3, 0.4) is 0 Å². The molecule has 0 bridgehead atoms. The van der Waals surface area contributed by atoms with E-state index in [1.165, 1.54) is 18.4 Å². The molecule has 0 saturated carbocycles. The number of anilines is 1. The van der Waals surface area contributed by atoms with E-state index in [0.29, 0.717) is 6.10 Å². The summed E-state index contributed by atoms with van der Waals surface area (Å²) >= 11 is 0. The summed E-state index contributed by atoms with van der Waals surface area (Å²) in [4.78, 5) is 2.45. The van der Waals surface area contributed by atoms with Crippen LogP contribution in [0.25, 0.3) is 0 Å². The van der Waals surface area contributed by atoms with Gasteiger partial charge in [-0.3, -0.25) is 4.90 Å². The van der Waals surface area contributed by atoms with Crippen LogP contribution in [0.2, 0.25) is 0 Å². The Bertz CT molecular complexity index is 378. The van der Waals surface area contributed by atoms with Gasteiger partial charge in [-0.05, 0) is 43.5 Å². The fourth-order valence-corrected chi connectivity index (χ4v) is 2.40. The van der Waals surface area contributed by atoms with Gasteiger partial charge in [-0.25, -0.2) is 0 Å². The molecule has 17 heavy (non-hydrogen) atoms. The normalized spacial score (nSPS) is 21.6. The fourth-order valence-electron chi connectivity index (χ4n) is 2.40. The van der Waals surface area contributed by atoms with Crippen LogP contribution in [-0.4, -0.2) is 31.2 Å². The predicted octanol–water partition coefficient (Wildman–Crippen LogP) is 2.19. The number of ether oxygens (including phenoxy) is 1. The van der Waals surface area contributed by atoms with Gasteiger partial charge in [0.25, 0.3) is 0 Å². The topological polar surface area (TPSA) is 38.5 Å². The third kappa shape index (κ3) is 3.20. The standard InChI is InChI=1S/C14H22N2O/c1-11-5-6-12(8-14(11)15)9-16-7-3-4-13(10-16)17-2/h5-6,8,13H,3-4,7,9-10,15H2,1-2H3. The minimum Gasteiger partial charge on any atom is -0.399 e. The van der Waals surface area contributed by atoms with Crippen molar-refractivity contribution >= 4 is 5.69 Å². The number of nitrogens with zero attached hydrogens (tertiary/aromatic N) is 1. The van der Waals surface area contributed by atoms with Gasteiger partial charge < -0.3 is 10.5 Å². The van der Waals surface area contributed by atoms with Gasteiger partial charge in [0.2, 0.25) is 0 Å². The van der Waals surface area contributed by atoms with Crippen LogP contribution in [0.1, 0.15) is 24.0 Å². The van der Waals surface area contributed by atoms with E-state index in [4.69, 9.17) is 10.5 Å². The first-order valence-electron chi connectivity index (χ1n) is 6.29. The summed E-state index contributed by atoms with van der Waals surface area (Å²) in [6.45, 7) is 5.21. The van der Waals surface area contributed by atoms with Gasteiger partial charge in [-0.15, -0.1) is 0 Å². The summed E-state index contributed by atoms with van der Waals surface area (Å²) in [5.41, 5.74) is 9.28. The van der Waals surface area contributed by atoms with Gasteiger partial charge >= 0.3 is 0 Å². The van der Waals surface area contributed by atoms with E-state index in [-0.39, 0.29) is 0 Å². The zero-order valence-electron chi connectivity index (χ0n) is 10.8. The largest absolute Gasteiger partial charge is 0.399 e. The maximum absolute atomic E-state index is 5.94. The summed E-state index contributed by atoms with van der Waals surface area (Å²) in [5, 5.41) is 0. The highest BCUT2D eigenvalue weighted by Crippen LogP contribution is 2.18. The lowest BCUT2D eigenvalue weighted by Crippen LogP contribution is -2.38. The minimum atomic E-state index is 0.395. The van der Waals surface area contributed by atoms with Crippen LogP contribution in [0, 0.1) is 6.92 Å². The SMILES string of the molecule is COC1CCCN(Cc2ccc(C)c(N)c2)C1. The number of likely N-dealkylation sites (tertiary alicyclic amines) is 1. The van der Waals surface area contributed by atoms with Crippen LogP contribution < -0.4 is 5.73 Å². The highest BCUT2D eigenvalue weighted by molar-refractivity contribution is 5.48. The first kappa shape index (κ1) is 12.4. The van der Waals surface area contributed by atoms with E-state index in [1.807, 2.05) is 6.92 Å². The Morgan fingerprint density at radius 1 is 1.47 bits per heavy atom. The van der Waals surface area contributed by atoms with Crippen molar-refractivity contribution in [3.8, 4) is 0 Å². The Kier molecular flexibility index (Phi) is 4.02. The molecule has 2 rings (SSSR count). The second-order valence-corrected chi connectivity index (χ2v) is 4.93. The van der Waals surface area contributed by atoms with Crippen molar-refractivity contribution in [3.05, 3.63) is 29.3 Å². The van der Waals surface area contributed by atoms with E-state index in [0.717, 1.165) is 30.9 Å². The van der Waals surface area contributed by atoms with Gasteiger partial charge in [0, 0.05) is 25.9 Å². The molecular formula is C14H22N2O. The number of hydrogen-bond donors (Lipinski definition) is 1. The molecule has 0 aromatic heterocycles. The monoisotopic (exact) mass is 234 g/mol. The first-order valence-corrected chi connectivity index (χ1v) is 6.29. The molecule has 1 aliphatic heterocycles. The zero-order chi connectivity index (χ0) is 12.3. The first-order chi connectivity index (χ1) is 8.19. The maximum atomic E-state index is 5.94. The van der Waals surface area contributed by atoms with Crippen LogP contribution in [0.5, 0.6) is 0 Å². The number of nitrogen functional groups attached to an aromatic ring is 1. The van der Waals surface area contributed by atoms with Crippen LogP contribution >= 0.6 is 0 Å². The Morgan fingerprint density at radius 3 is 3.00 bits per heavy atom. The molecule has 1 atom stereocenters. The average Bonchev–Trinajstić information content (AvgIpc) is 2.34. The number of rotatable bonds is 3. The third-order valence-electron chi connectivity index (χ3n) is 3.55. The number of aryl methyl sites for hydroxylation is 1. The Labute approximate surface area is 104 Å². The number of hydrogen-bond acceptors (Lipinski definition) is 3. The zero-order valence-corrected chi connectivity index (χ0v) is 10.8. The molecule has 0 spiro atoms. The molecule has 3 heteroatoms. The quantitative estimate of drug-likeness (QED) is 0.815. The van der Waals surface area contributed by atoms with Crippen molar-refractivity contribution < 1.29 is 4.74 Å². The van der Waals surface area contributed by atoms with Crippen molar-refractivity contribution in [2.45, 2.75) is 32.4 Å². The second-order valence-electron chi connectivity index (χ2n) is 4.93. The van der Waals surface area contributed by atoms with Crippen molar-refractivity contribution in [1.29, 1.82) is 0 Å². The smallest absolute Gasteiger partial charge is 0.0698 e. The molecule has 3 nitrogen and oxygen atoms in total. The molecule has 1 aromatic rings. The second kappa shape index (κ2) is 5.52. The summed E-state index contributed by atoms with van der Waals surface area (Å²) in [6, 6.07) is 6.36. The minimum absolute atomic E-state index is 0.395. The Morgan fingerprint density at radius 2 is 2.29 bits per heavy atom. The van der Waals surface area contributed by atoms with E-state index >= 15 is 0 Å². The number of nitrogens with two attached hydrogens (primary N) is 1. The molecule has 2 N–H and O–H groups in total. The van der Waals surface area contributed by atoms with Gasteiger partial charge in [-0.2, -0.15) is 0 Å². The molecule has 0 radical (unpaired) electrons.